The highest BCUT2D eigenvalue weighted by atomic mass is 16.8. The predicted octanol–water partition coefficient (Wildman–Crippen LogP) is 6.63. The quantitative estimate of drug-likeness (QED) is 0.0932. The van der Waals surface area contributed by atoms with Gasteiger partial charge in [-0.05, 0) is 95.1 Å². The molecule has 14 heteroatoms. The van der Waals surface area contributed by atoms with Crippen LogP contribution in [0, 0.1) is 41.4 Å². The molecule has 0 aliphatic carbocycles. The van der Waals surface area contributed by atoms with Crippen molar-refractivity contribution in [1.29, 1.82) is 0 Å². The van der Waals surface area contributed by atoms with E-state index < -0.39 is 107 Å². The maximum Gasteiger partial charge on any atom is 0.309 e. The van der Waals surface area contributed by atoms with Crippen molar-refractivity contribution in [2.75, 3.05) is 0 Å². The van der Waals surface area contributed by atoms with Gasteiger partial charge in [0.05, 0.1) is 53.7 Å². The average molecular weight is 911 g/mol. The third-order valence-corrected chi connectivity index (χ3v) is 16.3. The Morgan fingerprint density at radius 2 is 1.54 bits per heavy atom. The molecule has 0 aromatic heterocycles. The Balaban J connectivity index is 1.24. The van der Waals surface area contributed by atoms with Gasteiger partial charge >= 0.3 is 17.8 Å². The Bertz CT molecular complexity index is 1860. The number of aliphatic hydroxyl groups is 2. The van der Waals surface area contributed by atoms with Crippen LogP contribution in [0.25, 0.3) is 0 Å². The van der Waals surface area contributed by atoms with E-state index >= 15 is 0 Å². The second-order valence-corrected chi connectivity index (χ2v) is 20.6. The fraction of sp³-hybridized carbons (Fsp3) is 0.765. The van der Waals surface area contributed by atoms with Gasteiger partial charge in [0.1, 0.15) is 11.8 Å². The van der Waals surface area contributed by atoms with Gasteiger partial charge in [0.2, 0.25) is 0 Å². The molecule has 4 saturated heterocycles. The lowest BCUT2D eigenvalue weighted by Crippen LogP contribution is -2.66. The Morgan fingerprint density at radius 3 is 2.17 bits per heavy atom. The van der Waals surface area contributed by atoms with Gasteiger partial charge in [0.25, 0.3) is 0 Å². The Hall–Kier alpha value is -3.24. The van der Waals surface area contributed by atoms with Crippen LogP contribution in [-0.2, 0) is 49.4 Å². The van der Waals surface area contributed by atoms with Gasteiger partial charge in [-0.2, -0.15) is 0 Å². The third-order valence-electron chi connectivity index (χ3n) is 16.3. The highest BCUT2D eigenvalue weighted by molar-refractivity contribution is 6.35. The van der Waals surface area contributed by atoms with Gasteiger partial charge in [-0.1, -0.05) is 91.8 Å². The van der Waals surface area contributed by atoms with E-state index in [2.05, 4.69) is 24.5 Å². The minimum absolute atomic E-state index is 0.0707. The van der Waals surface area contributed by atoms with Gasteiger partial charge in [-0.3, -0.25) is 19.2 Å². The van der Waals surface area contributed by atoms with Crippen molar-refractivity contribution in [3.05, 3.63) is 48.0 Å². The SMILES string of the molecule is CCC(C(=O)[C@@H](C)[C@@H](O)[C@H](C)[C@@H]1O[C@@H]([C@@H](CC)C(=O)O)CC[C@@H]1C)[C@H]1O[C@]2(C=CC(NC(=O)C(=O)NCc3ccccc3)[C@]3(CC[C@@](C)([C@H]4CC[C@](O)(CC)[C@H](C)O4)O3)O2)[C@H](C)C[C@@H]1C. The second-order valence-electron chi connectivity index (χ2n) is 20.6. The lowest BCUT2D eigenvalue weighted by molar-refractivity contribution is -0.398. The zero-order chi connectivity index (χ0) is 47.6. The fourth-order valence-electron chi connectivity index (χ4n) is 11.7. The van der Waals surface area contributed by atoms with Gasteiger partial charge in [0, 0.05) is 36.6 Å². The maximum absolute atomic E-state index is 14.7. The molecule has 6 rings (SSSR count). The van der Waals surface area contributed by atoms with Gasteiger partial charge in [-0.25, -0.2) is 0 Å². The lowest BCUT2D eigenvalue weighted by atomic mass is 9.72. The largest absolute Gasteiger partial charge is 0.481 e. The van der Waals surface area contributed by atoms with Gasteiger partial charge < -0.3 is 49.6 Å². The minimum atomic E-state index is -1.50. The number of benzene rings is 1. The zero-order valence-electron chi connectivity index (χ0n) is 40.4. The van der Waals surface area contributed by atoms with Crippen LogP contribution in [0.2, 0.25) is 0 Å². The lowest BCUT2D eigenvalue weighted by Gasteiger charge is -2.55. The summed E-state index contributed by atoms with van der Waals surface area (Å²) in [6.45, 7) is 19.6. The first kappa shape index (κ1) is 51.2. The summed E-state index contributed by atoms with van der Waals surface area (Å²) in [6.07, 6.45) is 5.57. The summed E-state index contributed by atoms with van der Waals surface area (Å²) in [5.74, 6) is -8.24. The first-order valence-electron chi connectivity index (χ1n) is 24.5. The number of aliphatic carboxylic acids is 1. The highest BCUT2D eigenvalue weighted by Gasteiger charge is 2.63. The summed E-state index contributed by atoms with van der Waals surface area (Å²) in [5, 5.41) is 38.6. The molecule has 5 aliphatic heterocycles. The molecule has 65 heavy (non-hydrogen) atoms. The highest BCUT2D eigenvalue weighted by Crippen LogP contribution is 2.54. The number of hydrogen-bond donors (Lipinski definition) is 5. The number of Topliss-reactive ketones (excluding diaryl/α,β-unsaturated/α-hetero) is 1. The zero-order valence-corrected chi connectivity index (χ0v) is 40.4. The summed E-state index contributed by atoms with van der Waals surface area (Å²) >= 11 is 0. The van der Waals surface area contributed by atoms with Crippen LogP contribution < -0.4 is 10.6 Å². The maximum atomic E-state index is 14.7. The predicted molar refractivity (Wildman–Crippen MR) is 243 cm³/mol. The Labute approximate surface area is 386 Å². The topological polar surface area (TPSA) is 199 Å². The molecule has 5 heterocycles. The number of carbonyl (C=O) groups is 4. The summed E-state index contributed by atoms with van der Waals surface area (Å²) in [7, 11) is 0. The number of nitrogens with one attached hydrogen (secondary N) is 2. The smallest absolute Gasteiger partial charge is 0.309 e. The number of carbonyl (C=O) groups excluding carboxylic acids is 3. The first-order valence-corrected chi connectivity index (χ1v) is 24.5. The fourth-order valence-corrected chi connectivity index (χ4v) is 11.7. The van der Waals surface area contributed by atoms with Crippen LogP contribution in [0.3, 0.4) is 0 Å². The van der Waals surface area contributed by atoms with E-state index in [1.165, 1.54) is 0 Å². The number of hydrogen-bond acceptors (Lipinski definition) is 11. The van der Waals surface area contributed by atoms with Crippen molar-refractivity contribution >= 4 is 23.6 Å². The molecule has 2 unspecified atom stereocenters. The standard InChI is InChI=1S/C51H78N2O12/c1-11-36(47(58)59)38-20-19-29(4)43(62-38)33(8)41(54)32(7)42(55)37(12-2)44-30(5)27-31(6)50(63-44)24-21-39(53-46(57)45(56)52-28-35-17-15-14-16-18-35)51(65-50)26-25-48(10,64-51)40-22-23-49(60,13-3)34(9)61-40/h14-18,21,24,29-34,36-41,43-44,54,60H,11-13,19-20,22-23,25-28H2,1-10H3,(H,52,56)(H,53,57)(H,58,59)/t29-,30-,31+,32-,33-,34-,36+,37?,38+,39?,40+,41+,43+,44-,48-,49+,50-,51-/m0/s1. The number of ketones is 1. The van der Waals surface area contributed by atoms with Gasteiger partial charge in [-0.15, -0.1) is 0 Å². The summed E-state index contributed by atoms with van der Waals surface area (Å²) in [4.78, 5) is 53.6. The third kappa shape index (κ3) is 10.4. The summed E-state index contributed by atoms with van der Waals surface area (Å²) in [5.41, 5.74) is -1.01. The van der Waals surface area contributed by atoms with Crippen molar-refractivity contribution in [2.24, 2.45) is 41.4 Å². The van der Waals surface area contributed by atoms with Crippen LogP contribution in [0.4, 0.5) is 0 Å². The average Bonchev–Trinajstić information content (AvgIpc) is 3.63. The molecule has 5 aliphatic rings. The molecule has 2 spiro atoms. The molecule has 2 amide bonds. The van der Waals surface area contributed by atoms with Crippen molar-refractivity contribution in [1.82, 2.24) is 10.6 Å². The Morgan fingerprint density at radius 1 is 0.846 bits per heavy atom. The normalized spacial score (nSPS) is 39.5. The van der Waals surface area contributed by atoms with Gasteiger partial charge in [0.15, 0.2) is 11.6 Å². The van der Waals surface area contributed by atoms with Crippen molar-refractivity contribution in [3.63, 3.8) is 0 Å². The number of carboxylic acid groups (broad SMARTS) is 1. The van der Waals surface area contributed by atoms with Crippen LogP contribution in [0.5, 0.6) is 0 Å². The van der Waals surface area contributed by atoms with Crippen molar-refractivity contribution in [2.45, 2.75) is 205 Å². The number of rotatable bonds is 15. The van der Waals surface area contributed by atoms with Crippen LogP contribution in [0.15, 0.2) is 42.5 Å². The first-order chi connectivity index (χ1) is 30.7. The van der Waals surface area contributed by atoms with Crippen molar-refractivity contribution in [3.8, 4) is 0 Å². The molecule has 0 saturated carbocycles. The monoisotopic (exact) mass is 911 g/mol. The van der Waals surface area contributed by atoms with E-state index in [1.807, 2.05) is 78.8 Å². The Kier molecular flexibility index (Phi) is 16.2. The van der Waals surface area contributed by atoms with E-state index in [0.717, 1.165) is 12.0 Å². The number of ether oxygens (including phenoxy) is 5. The summed E-state index contributed by atoms with van der Waals surface area (Å²) in [6, 6.07) is 8.42. The van der Waals surface area contributed by atoms with Crippen LogP contribution in [-0.4, -0.2) is 104 Å². The number of aliphatic hydroxyl groups excluding tert-OH is 1. The molecule has 14 nitrogen and oxygen atoms in total. The molecule has 5 N–H and O–H groups in total. The number of carboxylic acids is 1. The molecular weight excluding hydrogens is 833 g/mol. The molecular formula is C51H78N2O12. The molecule has 0 bridgehead atoms. The van der Waals surface area contributed by atoms with Crippen LogP contribution >= 0.6 is 0 Å². The van der Waals surface area contributed by atoms with E-state index in [1.54, 1.807) is 19.1 Å². The van der Waals surface area contributed by atoms with E-state index in [4.69, 9.17) is 23.7 Å². The van der Waals surface area contributed by atoms with E-state index in [-0.39, 0.29) is 30.1 Å². The molecule has 0 radical (unpaired) electrons. The summed E-state index contributed by atoms with van der Waals surface area (Å²) < 4.78 is 34.4. The number of amides is 2. The van der Waals surface area contributed by atoms with Crippen LogP contribution in [0.1, 0.15) is 139 Å². The minimum Gasteiger partial charge on any atom is -0.481 e. The molecule has 1 aromatic rings. The molecule has 364 valence electrons. The van der Waals surface area contributed by atoms with E-state index in [9.17, 15) is 34.5 Å². The second kappa shape index (κ2) is 20.5. The van der Waals surface area contributed by atoms with Crippen molar-refractivity contribution < 1.29 is 58.2 Å². The molecule has 18 atom stereocenters. The molecule has 4 fully saturated rings. The van der Waals surface area contributed by atoms with E-state index in [0.29, 0.717) is 57.8 Å². The molecule has 1 aromatic carbocycles.